The summed E-state index contributed by atoms with van der Waals surface area (Å²) in [6, 6.07) is 5.45. The molecule has 2 heterocycles. The third kappa shape index (κ3) is 3.32. The molecule has 2 N–H and O–H groups in total. The van der Waals surface area contributed by atoms with Crippen LogP contribution in [0.15, 0.2) is 30.6 Å². The molecule has 1 atom stereocenters. The number of halogens is 1. The van der Waals surface area contributed by atoms with Crippen LogP contribution < -0.4 is 15.5 Å². The van der Waals surface area contributed by atoms with Crippen molar-refractivity contribution >= 4 is 17.4 Å². The summed E-state index contributed by atoms with van der Waals surface area (Å²) >= 11 is 0. The Morgan fingerprint density at radius 2 is 2.08 bits per heavy atom. The van der Waals surface area contributed by atoms with E-state index in [0.29, 0.717) is 18.8 Å². The van der Waals surface area contributed by atoms with Gasteiger partial charge in [-0.25, -0.2) is 14.4 Å². The molecule has 130 valence electrons. The van der Waals surface area contributed by atoms with Crippen molar-refractivity contribution in [2.75, 3.05) is 29.9 Å². The molecule has 1 fully saturated rings. The third-order valence-corrected chi connectivity index (χ3v) is 4.76. The van der Waals surface area contributed by atoms with Crippen molar-refractivity contribution in [2.24, 2.45) is 0 Å². The van der Waals surface area contributed by atoms with E-state index in [2.05, 4.69) is 25.5 Å². The van der Waals surface area contributed by atoms with E-state index in [-0.39, 0.29) is 17.8 Å². The summed E-state index contributed by atoms with van der Waals surface area (Å²) in [6.07, 6.45) is 4.74. The fourth-order valence-corrected chi connectivity index (χ4v) is 3.50. The van der Waals surface area contributed by atoms with Gasteiger partial charge in [0.25, 0.3) is 0 Å². The van der Waals surface area contributed by atoms with Crippen molar-refractivity contribution in [1.29, 1.82) is 0 Å². The Labute approximate surface area is 145 Å². The SMILES string of the molecule is O=C(Nc1ccc(F)cc1)[C@@H]1CN(c2ncnc3c2CCC3)CCN1. The second kappa shape index (κ2) is 6.76. The highest BCUT2D eigenvalue weighted by Crippen LogP contribution is 2.28. The van der Waals surface area contributed by atoms with Gasteiger partial charge in [0, 0.05) is 36.6 Å². The highest BCUT2D eigenvalue weighted by Gasteiger charge is 2.29. The molecule has 2 aromatic rings. The van der Waals surface area contributed by atoms with Crippen molar-refractivity contribution in [3.8, 4) is 0 Å². The molecule has 0 radical (unpaired) electrons. The number of nitrogens with zero attached hydrogens (tertiary/aromatic N) is 3. The number of hydrogen-bond acceptors (Lipinski definition) is 5. The fourth-order valence-electron chi connectivity index (χ4n) is 3.50. The summed E-state index contributed by atoms with van der Waals surface area (Å²) in [4.78, 5) is 23.5. The number of carbonyl (C=O) groups excluding carboxylic acids is 1. The van der Waals surface area contributed by atoms with Gasteiger partial charge in [0.2, 0.25) is 5.91 Å². The van der Waals surface area contributed by atoms with Crippen molar-refractivity contribution in [1.82, 2.24) is 15.3 Å². The lowest BCUT2D eigenvalue weighted by atomic mass is 10.1. The van der Waals surface area contributed by atoms with Crippen molar-refractivity contribution in [2.45, 2.75) is 25.3 Å². The highest BCUT2D eigenvalue weighted by molar-refractivity contribution is 5.95. The van der Waals surface area contributed by atoms with Crippen LogP contribution in [0.2, 0.25) is 0 Å². The van der Waals surface area contributed by atoms with Gasteiger partial charge in [-0.05, 0) is 43.5 Å². The average Bonchev–Trinajstić information content (AvgIpc) is 3.12. The molecule has 0 saturated carbocycles. The van der Waals surface area contributed by atoms with Crippen LogP contribution in [0, 0.1) is 5.82 Å². The topological polar surface area (TPSA) is 70.2 Å². The number of carbonyl (C=O) groups is 1. The first-order chi connectivity index (χ1) is 12.2. The lowest BCUT2D eigenvalue weighted by Crippen LogP contribution is -2.56. The first-order valence-electron chi connectivity index (χ1n) is 8.58. The molecule has 1 aromatic heterocycles. The molecule has 6 nitrogen and oxygen atoms in total. The van der Waals surface area contributed by atoms with Crippen molar-refractivity contribution < 1.29 is 9.18 Å². The van der Waals surface area contributed by atoms with Gasteiger partial charge in [0.15, 0.2) is 0 Å². The lowest BCUT2D eigenvalue weighted by molar-refractivity contribution is -0.118. The number of rotatable bonds is 3. The van der Waals surface area contributed by atoms with Crippen LogP contribution in [0.5, 0.6) is 0 Å². The fraction of sp³-hybridized carbons (Fsp3) is 0.389. The molecule has 0 unspecified atom stereocenters. The van der Waals surface area contributed by atoms with E-state index >= 15 is 0 Å². The van der Waals surface area contributed by atoms with E-state index < -0.39 is 0 Å². The van der Waals surface area contributed by atoms with Gasteiger partial charge in [0.05, 0.1) is 0 Å². The number of fused-ring (bicyclic) bond motifs is 1. The van der Waals surface area contributed by atoms with E-state index in [0.717, 1.165) is 37.3 Å². The molecule has 1 amide bonds. The first-order valence-corrected chi connectivity index (χ1v) is 8.58. The molecule has 1 aliphatic carbocycles. The van der Waals surface area contributed by atoms with Crippen molar-refractivity contribution in [3.05, 3.63) is 47.7 Å². The number of amides is 1. The minimum atomic E-state index is -0.342. The second-order valence-corrected chi connectivity index (χ2v) is 6.42. The quantitative estimate of drug-likeness (QED) is 0.886. The monoisotopic (exact) mass is 341 g/mol. The predicted octanol–water partition coefficient (Wildman–Crippen LogP) is 1.52. The number of benzene rings is 1. The Hall–Kier alpha value is -2.54. The van der Waals surface area contributed by atoms with Crippen LogP contribution in [-0.4, -0.2) is 41.6 Å². The Balaban J connectivity index is 1.47. The van der Waals surface area contributed by atoms with Gasteiger partial charge < -0.3 is 15.5 Å². The zero-order chi connectivity index (χ0) is 17.2. The smallest absolute Gasteiger partial charge is 0.243 e. The van der Waals surface area contributed by atoms with Crippen LogP contribution >= 0.6 is 0 Å². The van der Waals surface area contributed by atoms with Crippen LogP contribution in [0.1, 0.15) is 17.7 Å². The van der Waals surface area contributed by atoms with Gasteiger partial charge in [-0.1, -0.05) is 0 Å². The van der Waals surface area contributed by atoms with Crippen LogP contribution in [0.3, 0.4) is 0 Å². The standard InChI is InChI=1S/C18H20FN5O/c19-12-4-6-13(7-5-12)23-18(25)16-10-24(9-8-20-16)17-14-2-1-3-15(14)21-11-22-17/h4-7,11,16,20H,1-3,8-10H2,(H,23,25)/t16-/m0/s1. The number of piperazine rings is 1. The van der Waals surface area contributed by atoms with Crippen LogP contribution in [0.25, 0.3) is 0 Å². The largest absolute Gasteiger partial charge is 0.353 e. The van der Waals surface area contributed by atoms with Gasteiger partial charge in [-0.2, -0.15) is 0 Å². The van der Waals surface area contributed by atoms with Gasteiger partial charge >= 0.3 is 0 Å². The number of anilines is 2. The molecule has 0 bridgehead atoms. The maximum atomic E-state index is 13.0. The first kappa shape index (κ1) is 16.0. The number of nitrogens with one attached hydrogen (secondary N) is 2. The minimum absolute atomic E-state index is 0.123. The Morgan fingerprint density at radius 3 is 2.92 bits per heavy atom. The van der Waals surface area contributed by atoms with E-state index in [1.165, 1.54) is 17.7 Å². The zero-order valence-corrected chi connectivity index (χ0v) is 13.8. The minimum Gasteiger partial charge on any atom is -0.353 e. The van der Waals surface area contributed by atoms with Gasteiger partial charge in [-0.15, -0.1) is 0 Å². The number of hydrogen-bond donors (Lipinski definition) is 2. The average molecular weight is 341 g/mol. The molecular weight excluding hydrogens is 321 g/mol. The number of aryl methyl sites for hydroxylation is 1. The highest BCUT2D eigenvalue weighted by atomic mass is 19.1. The molecule has 25 heavy (non-hydrogen) atoms. The molecular formula is C18H20FN5O. The summed E-state index contributed by atoms with van der Waals surface area (Å²) < 4.78 is 13.0. The van der Waals surface area contributed by atoms with E-state index in [4.69, 9.17) is 0 Å². The Bertz CT molecular complexity index is 780. The van der Waals surface area contributed by atoms with Gasteiger partial charge in [0.1, 0.15) is 24.0 Å². The zero-order valence-electron chi connectivity index (χ0n) is 13.8. The summed E-state index contributed by atoms with van der Waals surface area (Å²) in [6.45, 7) is 2.07. The Kier molecular flexibility index (Phi) is 4.31. The molecule has 1 aromatic carbocycles. The summed E-state index contributed by atoms with van der Waals surface area (Å²) in [5.74, 6) is 0.517. The van der Waals surface area contributed by atoms with E-state index in [1.54, 1.807) is 18.5 Å². The van der Waals surface area contributed by atoms with Crippen LogP contribution in [-0.2, 0) is 17.6 Å². The van der Waals surface area contributed by atoms with E-state index in [1.807, 2.05) is 0 Å². The summed E-state index contributed by atoms with van der Waals surface area (Å²) in [7, 11) is 0. The molecule has 0 spiro atoms. The molecule has 2 aliphatic rings. The van der Waals surface area contributed by atoms with Gasteiger partial charge in [-0.3, -0.25) is 4.79 Å². The predicted molar refractivity (Wildman–Crippen MR) is 93.1 cm³/mol. The molecule has 1 saturated heterocycles. The van der Waals surface area contributed by atoms with E-state index in [9.17, 15) is 9.18 Å². The normalized spacial score (nSPS) is 19.6. The molecule has 1 aliphatic heterocycles. The molecule has 4 rings (SSSR count). The summed E-state index contributed by atoms with van der Waals surface area (Å²) in [5, 5.41) is 6.08. The Morgan fingerprint density at radius 1 is 1.24 bits per heavy atom. The summed E-state index contributed by atoms with van der Waals surface area (Å²) in [5.41, 5.74) is 2.95. The maximum Gasteiger partial charge on any atom is 0.243 e. The second-order valence-electron chi connectivity index (χ2n) is 6.42. The maximum absolute atomic E-state index is 13.0. The van der Waals surface area contributed by atoms with Crippen LogP contribution in [0.4, 0.5) is 15.9 Å². The third-order valence-electron chi connectivity index (χ3n) is 4.76. The number of aromatic nitrogens is 2. The van der Waals surface area contributed by atoms with Crippen molar-refractivity contribution in [3.63, 3.8) is 0 Å². The lowest BCUT2D eigenvalue weighted by Gasteiger charge is -2.34. The molecule has 7 heteroatoms.